The van der Waals surface area contributed by atoms with E-state index < -0.39 is 5.97 Å². The van der Waals surface area contributed by atoms with E-state index in [1.165, 1.54) is 23.5 Å². The fourth-order valence-electron chi connectivity index (χ4n) is 3.16. The first kappa shape index (κ1) is 18.7. The Hall–Kier alpha value is -2.61. The van der Waals surface area contributed by atoms with Gasteiger partial charge in [-0.3, -0.25) is 0 Å². The van der Waals surface area contributed by atoms with E-state index in [1.807, 2.05) is 18.2 Å². The number of nitrogens with zero attached hydrogens (tertiary/aromatic N) is 1. The second-order valence-electron chi connectivity index (χ2n) is 6.71. The molecule has 0 aromatic heterocycles. The molecular formula is C20H23NO4. The molecule has 1 aliphatic rings. The van der Waals surface area contributed by atoms with Gasteiger partial charge in [0.15, 0.2) is 11.7 Å². The normalized spacial score (nSPS) is 14.5. The van der Waals surface area contributed by atoms with Crippen molar-refractivity contribution >= 4 is 23.3 Å². The lowest BCUT2D eigenvalue weighted by atomic mass is 9.82. The quantitative estimate of drug-likeness (QED) is 0.239. The van der Waals surface area contributed by atoms with E-state index in [2.05, 4.69) is 31.1 Å². The van der Waals surface area contributed by atoms with E-state index in [1.54, 1.807) is 0 Å². The lowest BCUT2D eigenvalue weighted by Crippen LogP contribution is -2.26. The van der Waals surface area contributed by atoms with Crippen LogP contribution in [0.5, 0.6) is 5.75 Å². The van der Waals surface area contributed by atoms with Crippen LogP contribution in [0.1, 0.15) is 52.0 Å². The second kappa shape index (κ2) is 7.98. The van der Waals surface area contributed by atoms with Crippen LogP contribution in [-0.4, -0.2) is 28.7 Å². The van der Waals surface area contributed by atoms with Crippen LogP contribution in [-0.2, 0) is 15.0 Å². The van der Waals surface area contributed by atoms with Crippen LogP contribution in [0.4, 0.5) is 5.69 Å². The van der Waals surface area contributed by atoms with Crippen LogP contribution >= 0.6 is 0 Å². The number of carboxylic acid groups (broad SMARTS) is 1. The molecule has 0 radical (unpaired) electrons. The molecule has 0 amide bonds. The summed E-state index contributed by atoms with van der Waals surface area (Å²) in [6.45, 7) is 7.31. The van der Waals surface area contributed by atoms with Crippen molar-refractivity contribution in [1.82, 2.24) is 0 Å². The SMILES string of the molecule is CC1=[N+](CCCCCC(=O)[O-])c2ccc(OC=C=C=O)cc2C1(C)C. The Morgan fingerprint density at radius 3 is 2.76 bits per heavy atom. The van der Waals surface area contributed by atoms with Gasteiger partial charge in [0.1, 0.15) is 18.6 Å². The topological polar surface area (TPSA) is 69.4 Å². The maximum atomic E-state index is 10.5. The Morgan fingerprint density at radius 1 is 1.32 bits per heavy atom. The number of unbranched alkanes of at least 4 members (excludes halogenated alkanes) is 2. The van der Waals surface area contributed by atoms with Crippen LogP contribution in [0.15, 0.2) is 30.2 Å². The summed E-state index contributed by atoms with van der Waals surface area (Å²) >= 11 is 0. The molecule has 0 saturated carbocycles. The third-order valence-electron chi connectivity index (χ3n) is 4.82. The van der Waals surface area contributed by atoms with Gasteiger partial charge in [-0.05, 0) is 45.2 Å². The summed E-state index contributed by atoms with van der Waals surface area (Å²) in [6, 6.07) is 5.86. The minimum absolute atomic E-state index is 0.119. The standard InChI is InChI=1S/C20H23NO4/c1-15-20(2,3)17-14-16(25-13-7-12-22)9-10-18(17)21(15)11-6-4-5-8-19(23)24/h9-10,13-14H,4-6,8,11H2,1-3H3. The summed E-state index contributed by atoms with van der Waals surface area (Å²) in [4.78, 5) is 20.6. The molecule has 5 heteroatoms. The number of carbonyl (C=O) groups excluding carboxylic acids is 2. The molecule has 25 heavy (non-hydrogen) atoms. The van der Waals surface area contributed by atoms with E-state index in [9.17, 15) is 14.7 Å². The van der Waals surface area contributed by atoms with Gasteiger partial charge in [-0.1, -0.05) is 0 Å². The number of hydrogen-bond acceptors (Lipinski definition) is 4. The molecule has 0 bridgehead atoms. The maximum Gasteiger partial charge on any atom is 0.209 e. The zero-order chi connectivity index (χ0) is 18.4. The molecule has 0 aliphatic carbocycles. The predicted molar refractivity (Wildman–Crippen MR) is 92.8 cm³/mol. The molecule has 0 N–H and O–H groups in total. The van der Waals surface area contributed by atoms with Crippen molar-refractivity contribution in [2.24, 2.45) is 0 Å². The van der Waals surface area contributed by atoms with E-state index in [4.69, 9.17) is 4.74 Å². The Balaban J connectivity index is 2.15. The minimum atomic E-state index is -0.985. The fraction of sp³-hybridized carbons (Fsp3) is 0.450. The van der Waals surface area contributed by atoms with E-state index in [0.717, 1.165) is 25.1 Å². The molecule has 5 nitrogen and oxygen atoms in total. The summed E-state index contributed by atoms with van der Waals surface area (Å²) < 4.78 is 7.67. The van der Waals surface area contributed by atoms with Crippen molar-refractivity contribution in [2.75, 3.05) is 6.54 Å². The van der Waals surface area contributed by atoms with Gasteiger partial charge in [0.2, 0.25) is 5.69 Å². The molecule has 0 unspecified atom stereocenters. The highest BCUT2D eigenvalue weighted by molar-refractivity contribution is 5.93. The summed E-state index contributed by atoms with van der Waals surface area (Å²) in [5, 5.41) is 10.5. The molecule has 1 aliphatic heterocycles. The van der Waals surface area contributed by atoms with Crippen molar-refractivity contribution < 1.29 is 24.0 Å². The molecule has 1 aromatic carbocycles. The molecule has 1 heterocycles. The van der Waals surface area contributed by atoms with Crippen molar-refractivity contribution in [3.8, 4) is 5.75 Å². The molecule has 1 aromatic rings. The number of carbonyl (C=O) groups is 1. The first-order valence-electron chi connectivity index (χ1n) is 8.45. The Morgan fingerprint density at radius 2 is 2.08 bits per heavy atom. The lowest BCUT2D eigenvalue weighted by molar-refractivity contribution is -0.439. The first-order valence-corrected chi connectivity index (χ1v) is 8.45. The van der Waals surface area contributed by atoms with Crippen LogP contribution in [0, 0.1) is 0 Å². The summed E-state index contributed by atoms with van der Waals surface area (Å²) in [7, 11) is 0. The third-order valence-corrected chi connectivity index (χ3v) is 4.82. The second-order valence-corrected chi connectivity index (χ2v) is 6.71. The highest BCUT2D eigenvalue weighted by Gasteiger charge is 2.42. The third kappa shape index (κ3) is 4.27. The molecule has 2 rings (SSSR count). The van der Waals surface area contributed by atoms with Crippen LogP contribution in [0.2, 0.25) is 0 Å². The zero-order valence-corrected chi connectivity index (χ0v) is 14.9. The van der Waals surface area contributed by atoms with E-state index in [-0.39, 0.29) is 11.8 Å². The fourth-order valence-corrected chi connectivity index (χ4v) is 3.16. The monoisotopic (exact) mass is 341 g/mol. The maximum absolute atomic E-state index is 10.5. The van der Waals surface area contributed by atoms with Crippen molar-refractivity contribution in [3.63, 3.8) is 0 Å². The van der Waals surface area contributed by atoms with Gasteiger partial charge in [0, 0.05) is 36.7 Å². The van der Waals surface area contributed by atoms with Gasteiger partial charge in [0.25, 0.3) is 0 Å². The van der Waals surface area contributed by atoms with Gasteiger partial charge in [-0.2, -0.15) is 4.58 Å². The summed E-state index contributed by atoms with van der Waals surface area (Å²) in [5.74, 6) is 1.19. The average molecular weight is 341 g/mol. The van der Waals surface area contributed by atoms with Gasteiger partial charge in [-0.15, -0.1) is 0 Å². The molecule has 0 atom stereocenters. The molecular weight excluding hydrogens is 318 g/mol. The predicted octanol–water partition coefficient (Wildman–Crippen LogP) is 2.27. The van der Waals surface area contributed by atoms with Gasteiger partial charge in [0.05, 0.1) is 5.41 Å². The highest BCUT2D eigenvalue weighted by Crippen LogP contribution is 2.41. The number of rotatable bonds is 8. The number of ether oxygens (including phenoxy) is 1. The Kier molecular flexibility index (Phi) is 5.97. The van der Waals surface area contributed by atoms with Crippen LogP contribution < -0.4 is 9.84 Å². The van der Waals surface area contributed by atoms with E-state index in [0.29, 0.717) is 12.2 Å². The smallest absolute Gasteiger partial charge is 0.209 e. The molecule has 0 fully saturated rings. The minimum Gasteiger partial charge on any atom is -0.550 e. The van der Waals surface area contributed by atoms with Gasteiger partial charge in [-0.25, -0.2) is 4.79 Å². The van der Waals surface area contributed by atoms with Crippen molar-refractivity contribution in [2.45, 2.75) is 51.9 Å². The number of carboxylic acids is 1. The Bertz CT molecular complexity index is 779. The lowest BCUT2D eigenvalue weighted by Gasteiger charge is -2.15. The molecule has 0 saturated heterocycles. The number of hydrogen-bond donors (Lipinski definition) is 0. The number of aliphatic carboxylic acids is 1. The van der Waals surface area contributed by atoms with Crippen LogP contribution in [0.25, 0.3) is 0 Å². The van der Waals surface area contributed by atoms with Crippen molar-refractivity contribution in [1.29, 1.82) is 0 Å². The van der Waals surface area contributed by atoms with Crippen molar-refractivity contribution in [3.05, 3.63) is 35.8 Å². The first-order chi connectivity index (χ1) is 11.9. The molecule has 0 spiro atoms. The molecule has 132 valence electrons. The van der Waals surface area contributed by atoms with E-state index >= 15 is 0 Å². The summed E-state index contributed by atoms with van der Waals surface area (Å²) in [5.41, 5.74) is 5.68. The van der Waals surface area contributed by atoms with Gasteiger partial charge >= 0.3 is 0 Å². The zero-order valence-electron chi connectivity index (χ0n) is 14.9. The van der Waals surface area contributed by atoms with Gasteiger partial charge < -0.3 is 14.6 Å². The highest BCUT2D eigenvalue weighted by atomic mass is 16.5. The van der Waals surface area contributed by atoms with Crippen LogP contribution in [0.3, 0.4) is 0 Å². The Labute approximate surface area is 147 Å². The number of fused-ring (bicyclic) bond motifs is 1. The average Bonchev–Trinajstić information content (AvgIpc) is 2.75. The largest absolute Gasteiger partial charge is 0.550 e. The summed E-state index contributed by atoms with van der Waals surface area (Å²) in [6.07, 6.45) is 3.74. The number of benzene rings is 1.